The van der Waals surface area contributed by atoms with Gasteiger partial charge in [-0.25, -0.2) is 0 Å². The standard InChI is InChI=1S/C6H15N3.C6H10O4/c1-6(7)9-4-2-8-3-5-9;7-5(8)3-1-2-4-6(9)10/h6,8H,2-5,7H2,1H3;1-4H2,(H,7,8)(H,9,10). The van der Waals surface area contributed by atoms with Crippen molar-refractivity contribution in [1.29, 1.82) is 0 Å². The second-order valence-electron chi connectivity index (χ2n) is 4.52. The van der Waals surface area contributed by atoms with E-state index in [0.29, 0.717) is 12.8 Å². The van der Waals surface area contributed by atoms with Crippen LogP contribution >= 0.6 is 0 Å². The number of nitrogens with one attached hydrogen (secondary N) is 1. The fraction of sp³-hybridized carbons (Fsp3) is 0.833. The maximum absolute atomic E-state index is 9.90. The van der Waals surface area contributed by atoms with Crippen LogP contribution in [0.5, 0.6) is 0 Å². The van der Waals surface area contributed by atoms with Crippen molar-refractivity contribution in [3.05, 3.63) is 0 Å². The molecule has 1 saturated heterocycles. The summed E-state index contributed by atoms with van der Waals surface area (Å²) >= 11 is 0. The topological polar surface area (TPSA) is 116 Å². The van der Waals surface area contributed by atoms with Crippen LogP contribution in [0.3, 0.4) is 0 Å². The maximum atomic E-state index is 9.90. The summed E-state index contributed by atoms with van der Waals surface area (Å²) in [5.74, 6) is -1.74. The van der Waals surface area contributed by atoms with E-state index in [1.165, 1.54) is 0 Å². The monoisotopic (exact) mass is 275 g/mol. The quantitative estimate of drug-likeness (QED) is 0.501. The first kappa shape index (κ1) is 17.8. The Morgan fingerprint density at radius 2 is 1.58 bits per heavy atom. The van der Waals surface area contributed by atoms with Crippen LogP contribution in [0.2, 0.25) is 0 Å². The molecule has 0 saturated carbocycles. The summed E-state index contributed by atoms with van der Waals surface area (Å²) in [5, 5.41) is 19.5. The number of aliphatic carboxylic acids is 2. The molecule has 1 rings (SSSR count). The van der Waals surface area contributed by atoms with Gasteiger partial charge in [-0.3, -0.25) is 14.5 Å². The van der Waals surface area contributed by atoms with Crippen molar-refractivity contribution in [2.24, 2.45) is 5.73 Å². The Morgan fingerprint density at radius 3 is 1.84 bits per heavy atom. The lowest BCUT2D eigenvalue weighted by Gasteiger charge is -2.30. The van der Waals surface area contributed by atoms with Crippen molar-refractivity contribution < 1.29 is 19.8 Å². The number of piperazine rings is 1. The fourth-order valence-electron chi connectivity index (χ4n) is 1.64. The maximum Gasteiger partial charge on any atom is 0.303 e. The SMILES string of the molecule is CC(N)N1CCNCC1.O=C(O)CCCCC(=O)O. The van der Waals surface area contributed by atoms with E-state index in [9.17, 15) is 9.59 Å². The van der Waals surface area contributed by atoms with E-state index in [0.717, 1.165) is 26.2 Å². The number of unbranched alkanes of at least 4 members (excludes halogenated alkanes) is 1. The van der Waals surface area contributed by atoms with Gasteiger partial charge < -0.3 is 21.3 Å². The van der Waals surface area contributed by atoms with Crippen LogP contribution in [0.4, 0.5) is 0 Å². The lowest BCUT2D eigenvalue weighted by molar-refractivity contribution is -0.139. The Morgan fingerprint density at radius 1 is 1.16 bits per heavy atom. The molecule has 1 heterocycles. The minimum atomic E-state index is -0.870. The molecule has 0 aromatic rings. The summed E-state index contributed by atoms with van der Waals surface area (Å²) in [7, 11) is 0. The van der Waals surface area contributed by atoms with Crippen LogP contribution < -0.4 is 11.1 Å². The van der Waals surface area contributed by atoms with Crippen LogP contribution in [-0.4, -0.2) is 59.4 Å². The molecule has 0 radical (unpaired) electrons. The fourth-order valence-corrected chi connectivity index (χ4v) is 1.64. The molecule has 112 valence electrons. The third kappa shape index (κ3) is 11.6. The number of carboxylic acids is 2. The molecule has 0 amide bonds. The van der Waals surface area contributed by atoms with Gasteiger partial charge in [0.1, 0.15) is 0 Å². The first-order valence-corrected chi connectivity index (χ1v) is 6.57. The molecule has 1 unspecified atom stereocenters. The predicted octanol–water partition coefficient (Wildman–Crippen LogP) is -0.0877. The lowest BCUT2D eigenvalue weighted by atomic mass is 10.2. The zero-order valence-electron chi connectivity index (χ0n) is 11.5. The highest BCUT2D eigenvalue weighted by Gasteiger charge is 2.11. The van der Waals surface area contributed by atoms with Gasteiger partial charge in [0, 0.05) is 39.0 Å². The number of nitrogens with two attached hydrogens (primary N) is 1. The molecule has 0 aromatic heterocycles. The number of hydrogen-bond acceptors (Lipinski definition) is 5. The van der Waals surface area contributed by atoms with E-state index >= 15 is 0 Å². The highest BCUT2D eigenvalue weighted by molar-refractivity contribution is 5.67. The Kier molecular flexibility index (Phi) is 10.1. The van der Waals surface area contributed by atoms with Crippen LogP contribution in [0.1, 0.15) is 32.6 Å². The minimum absolute atomic E-state index is 0.0628. The third-order valence-electron chi connectivity index (χ3n) is 2.76. The summed E-state index contributed by atoms with van der Waals surface area (Å²) in [6.45, 7) is 6.39. The van der Waals surface area contributed by atoms with Gasteiger partial charge in [0.25, 0.3) is 0 Å². The van der Waals surface area contributed by atoms with E-state index in [1.807, 2.05) is 6.92 Å². The molecule has 1 fully saturated rings. The largest absolute Gasteiger partial charge is 0.481 e. The van der Waals surface area contributed by atoms with Gasteiger partial charge >= 0.3 is 11.9 Å². The van der Waals surface area contributed by atoms with Crippen LogP contribution in [0, 0.1) is 0 Å². The third-order valence-corrected chi connectivity index (χ3v) is 2.76. The van der Waals surface area contributed by atoms with Gasteiger partial charge in [-0.2, -0.15) is 0 Å². The molecule has 7 nitrogen and oxygen atoms in total. The summed E-state index contributed by atoms with van der Waals surface area (Å²) < 4.78 is 0. The molecule has 1 aliphatic heterocycles. The Bertz CT molecular complexity index is 250. The molecular weight excluding hydrogens is 250 g/mol. The van der Waals surface area contributed by atoms with Gasteiger partial charge in [0.2, 0.25) is 0 Å². The van der Waals surface area contributed by atoms with Crippen molar-refractivity contribution in [2.45, 2.75) is 38.8 Å². The van der Waals surface area contributed by atoms with E-state index in [4.69, 9.17) is 15.9 Å². The van der Waals surface area contributed by atoms with E-state index in [2.05, 4.69) is 10.2 Å². The van der Waals surface area contributed by atoms with Crippen LogP contribution in [0.15, 0.2) is 0 Å². The van der Waals surface area contributed by atoms with Crippen molar-refractivity contribution in [2.75, 3.05) is 26.2 Å². The second-order valence-corrected chi connectivity index (χ2v) is 4.52. The molecule has 0 aromatic carbocycles. The zero-order chi connectivity index (χ0) is 14.7. The van der Waals surface area contributed by atoms with E-state index in [1.54, 1.807) is 0 Å². The summed E-state index contributed by atoms with van der Waals surface area (Å²) in [4.78, 5) is 22.1. The normalized spacial score (nSPS) is 17.2. The average Bonchev–Trinajstić information content (AvgIpc) is 2.36. The van der Waals surface area contributed by atoms with E-state index < -0.39 is 11.9 Å². The van der Waals surface area contributed by atoms with Crippen LogP contribution in [-0.2, 0) is 9.59 Å². The Balaban J connectivity index is 0.000000342. The molecule has 0 aliphatic carbocycles. The highest BCUT2D eigenvalue weighted by atomic mass is 16.4. The first-order chi connectivity index (χ1) is 8.93. The van der Waals surface area contributed by atoms with Gasteiger partial charge in [-0.05, 0) is 19.8 Å². The van der Waals surface area contributed by atoms with Crippen molar-refractivity contribution >= 4 is 11.9 Å². The first-order valence-electron chi connectivity index (χ1n) is 6.57. The molecule has 1 aliphatic rings. The number of nitrogens with zero attached hydrogens (tertiary/aromatic N) is 1. The molecule has 0 bridgehead atoms. The molecule has 7 heteroatoms. The molecule has 19 heavy (non-hydrogen) atoms. The summed E-state index contributed by atoms with van der Waals surface area (Å²) in [6.07, 6.45) is 1.25. The molecule has 0 spiro atoms. The molecule has 5 N–H and O–H groups in total. The van der Waals surface area contributed by atoms with Crippen LogP contribution in [0.25, 0.3) is 0 Å². The van der Waals surface area contributed by atoms with Gasteiger partial charge in [-0.15, -0.1) is 0 Å². The average molecular weight is 275 g/mol. The zero-order valence-corrected chi connectivity index (χ0v) is 11.5. The van der Waals surface area contributed by atoms with Gasteiger partial charge in [0.05, 0.1) is 6.17 Å². The number of rotatable bonds is 6. The van der Waals surface area contributed by atoms with Gasteiger partial charge in [-0.1, -0.05) is 0 Å². The van der Waals surface area contributed by atoms with Gasteiger partial charge in [0.15, 0.2) is 0 Å². The number of carbonyl (C=O) groups is 2. The van der Waals surface area contributed by atoms with Crippen molar-refractivity contribution in [3.8, 4) is 0 Å². The highest BCUT2D eigenvalue weighted by Crippen LogP contribution is 1.98. The summed E-state index contributed by atoms with van der Waals surface area (Å²) in [6, 6.07) is 0. The second kappa shape index (κ2) is 10.7. The number of carboxylic acid groups (broad SMARTS) is 2. The summed E-state index contributed by atoms with van der Waals surface area (Å²) in [5.41, 5.74) is 5.67. The molecular formula is C12H25N3O4. The molecule has 1 atom stereocenters. The lowest BCUT2D eigenvalue weighted by Crippen LogP contribution is -2.50. The predicted molar refractivity (Wildman–Crippen MR) is 71.8 cm³/mol. The van der Waals surface area contributed by atoms with Crippen molar-refractivity contribution in [3.63, 3.8) is 0 Å². The Labute approximate surface area is 113 Å². The number of hydrogen-bond donors (Lipinski definition) is 4. The minimum Gasteiger partial charge on any atom is -0.481 e. The Hall–Kier alpha value is -1.18. The van der Waals surface area contributed by atoms with E-state index in [-0.39, 0.29) is 19.0 Å². The smallest absolute Gasteiger partial charge is 0.303 e. The van der Waals surface area contributed by atoms with Crippen molar-refractivity contribution in [1.82, 2.24) is 10.2 Å².